The lowest BCUT2D eigenvalue weighted by atomic mass is 10.2. The Morgan fingerprint density at radius 1 is 1.05 bits per heavy atom. The highest BCUT2D eigenvalue weighted by Crippen LogP contribution is 2.19. The van der Waals surface area contributed by atoms with E-state index in [4.69, 9.17) is 0 Å². The van der Waals surface area contributed by atoms with E-state index in [0.29, 0.717) is 5.82 Å². The molecule has 1 heterocycles. The Bertz CT molecular complexity index is 765. The maximum absolute atomic E-state index is 4.24. The number of hydrogen-bond acceptors (Lipinski definition) is 4. The summed E-state index contributed by atoms with van der Waals surface area (Å²) in [6, 6.07) is 16.0. The molecule has 0 unspecified atom stereocenters. The molecule has 0 saturated carbocycles. The van der Waals surface area contributed by atoms with Crippen LogP contribution in [0.1, 0.15) is 5.56 Å². The van der Waals surface area contributed by atoms with Crippen molar-refractivity contribution < 1.29 is 0 Å². The molecule has 1 aromatic heterocycles. The molecule has 20 heavy (non-hydrogen) atoms. The van der Waals surface area contributed by atoms with Crippen LogP contribution in [0.3, 0.4) is 0 Å². The molecule has 0 radical (unpaired) electrons. The summed E-state index contributed by atoms with van der Waals surface area (Å²) in [6.07, 6.45) is 3.52. The molecule has 3 rings (SSSR count). The zero-order valence-corrected chi connectivity index (χ0v) is 12.7. The van der Waals surface area contributed by atoms with Crippen LogP contribution in [-0.4, -0.2) is 16.4 Å². The van der Waals surface area contributed by atoms with Crippen LogP contribution >= 0.6 is 22.6 Å². The van der Waals surface area contributed by atoms with E-state index in [9.17, 15) is 0 Å². The smallest absolute Gasteiger partial charge is 0.176 e. The van der Waals surface area contributed by atoms with Crippen molar-refractivity contribution in [1.82, 2.24) is 10.2 Å². The first-order valence-corrected chi connectivity index (χ1v) is 7.16. The molecule has 0 spiro atoms. The number of nitrogens with one attached hydrogen (secondary N) is 1. The van der Waals surface area contributed by atoms with Crippen LogP contribution < -0.4 is 5.43 Å². The maximum Gasteiger partial charge on any atom is 0.176 e. The summed E-state index contributed by atoms with van der Waals surface area (Å²) in [5.74, 6) is 0.658. The van der Waals surface area contributed by atoms with Gasteiger partial charge in [-0.3, -0.25) is 5.43 Å². The highest BCUT2D eigenvalue weighted by Gasteiger charge is 2.01. The van der Waals surface area contributed by atoms with E-state index in [0.717, 1.165) is 19.9 Å². The van der Waals surface area contributed by atoms with E-state index in [1.165, 1.54) is 0 Å². The van der Waals surface area contributed by atoms with Crippen LogP contribution in [-0.2, 0) is 0 Å². The molecule has 0 fully saturated rings. The number of halogens is 1. The summed E-state index contributed by atoms with van der Waals surface area (Å²) in [6.45, 7) is 0. The zero-order valence-electron chi connectivity index (χ0n) is 10.5. The number of nitrogens with zero attached hydrogens (tertiary/aromatic N) is 3. The third-order valence-electron chi connectivity index (χ3n) is 2.85. The summed E-state index contributed by atoms with van der Waals surface area (Å²) >= 11 is 2.28. The summed E-state index contributed by atoms with van der Waals surface area (Å²) in [7, 11) is 0. The normalized spacial score (nSPS) is 11.1. The van der Waals surface area contributed by atoms with E-state index in [-0.39, 0.29) is 0 Å². The number of anilines is 1. The lowest BCUT2D eigenvalue weighted by molar-refractivity contribution is 1.04. The van der Waals surface area contributed by atoms with Gasteiger partial charge in [0.2, 0.25) is 0 Å². The average molecular weight is 374 g/mol. The minimum Gasteiger partial charge on any atom is -0.259 e. The van der Waals surface area contributed by atoms with Gasteiger partial charge in [-0.2, -0.15) is 10.2 Å². The second-order valence-electron chi connectivity index (χ2n) is 4.17. The lowest BCUT2D eigenvalue weighted by Crippen LogP contribution is -1.97. The van der Waals surface area contributed by atoms with Gasteiger partial charge in [0.05, 0.1) is 12.4 Å². The summed E-state index contributed by atoms with van der Waals surface area (Å²) in [4.78, 5) is 0. The Kier molecular flexibility index (Phi) is 3.87. The fourth-order valence-electron chi connectivity index (χ4n) is 1.85. The zero-order chi connectivity index (χ0) is 13.8. The molecule has 2 aromatic carbocycles. The third kappa shape index (κ3) is 2.77. The lowest BCUT2D eigenvalue weighted by Gasteiger charge is -2.03. The van der Waals surface area contributed by atoms with E-state index in [1.54, 1.807) is 12.4 Å². The summed E-state index contributed by atoms with van der Waals surface area (Å²) in [5.41, 5.74) is 4.02. The highest BCUT2D eigenvalue weighted by atomic mass is 127. The standard InChI is InChI=1S/C15H11IN4/c16-14-8-4-2-6-12(14)10-18-20-15-13-7-3-1-5-11(13)9-17-19-15/h1-10H,(H,19,20)/b18-10-. The number of fused-ring (bicyclic) bond motifs is 1. The summed E-state index contributed by atoms with van der Waals surface area (Å²) in [5, 5.41) is 14.3. The van der Waals surface area contributed by atoms with Gasteiger partial charge in [0, 0.05) is 19.9 Å². The van der Waals surface area contributed by atoms with Crippen LogP contribution in [0.5, 0.6) is 0 Å². The quantitative estimate of drug-likeness (QED) is 0.432. The molecule has 0 bridgehead atoms. The molecular formula is C15H11IN4. The predicted octanol–water partition coefficient (Wildman–Crippen LogP) is 3.68. The number of aromatic nitrogens is 2. The minimum atomic E-state index is 0.658. The van der Waals surface area contributed by atoms with Crippen LogP contribution in [0, 0.1) is 3.57 Å². The van der Waals surface area contributed by atoms with E-state index < -0.39 is 0 Å². The fraction of sp³-hybridized carbons (Fsp3) is 0. The van der Waals surface area contributed by atoms with Gasteiger partial charge in [0.15, 0.2) is 5.82 Å². The third-order valence-corrected chi connectivity index (χ3v) is 3.83. The molecule has 0 saturated heterocycles. The van der Waals surface area contributed by atoms with Gasteiger partial charge < -0.3 is 0 Å². The second kappa shape index (κ2) is 5.96. The van der Waals surface area contributed by atoms with Crippen molar-refractivity contribution in [3.63, 3.8) is 0 Å². The van der Waals surface area contributed by atoms with Crippen LogP contribution in [0.4, 0.5) is 5.82 Å². The Balaban J connectivity index is 1.86. The number of hydrazone groups is 1. The minimum absolute atomic E-state index is 0.658. The van der Waals surface area contributed by atoms with Gasteiger partial charge in [0.25, 0.3) is 0 Å². The topological polar surface area (TPSA) is 50.2 Å². The van der Waals surface area contributed by atoms with Crippen molar-refractivity contribution in [3.8, 4) is 0 Å². The van der Waals surface area contributed by atoms with Gasteiger partial charge in [-0.15, -0.1) is 5.10 Å². The molecule has 1 N–H and O–H groups in total. The fourth-order valence-corrected chi connectivity index (χ4v) is 2.38. The van der Waals surface area contributed by atoms with Crippen molar-refractivity contribution in [3.05, 3.63) is 63.9 Å². The Labute approximate surface area is 130 Å². The number of hydrogen-bond donors (Lipinski definition) is 1. The molecule has 3 aromatic rings. The van der Waals surface area contributed by atoms with Crippen molar-refractivity contribution >= 4 is 45.4 Å². The molecule has 0 atom stereocenters. The molecule has 0 aliphatic heterocycles. The SMILES string of the molecule is Ic1ccccc1/C=N\Nc1nncc2ccccc12. The van der Waals surface area contributed by atoms with Gasteiger partial charge in [-0.05, 0) is 28.7 Å². The summed E-state index contributed by atoms with van der Waals surface area (Å²) < 4.78 is 1.15. The van der Waals surface area contributed by atoms with Crippen molar-refractivity contribution in [1.29, 1.82) is 0 Å². The molecule has 0 aliphatic carbocycles. The van der Waals surface area contributed by atoms with Crippen molar-refractivity contribution in [2.24, 2.45) is 5.10 Å². The number of benzene rings is 2. The molecule has 98 valence electrons. The largest absolute Gasteiger partial charge is 0.259 e. The Morgan fingerprint density at radius 2 is 1.85 bits per heavy atom. The molecule has 0 aliphatic rings. The Morgan fingerprint density at radius 3 is 2.75 bits per heavy atom. The van der Waals surface area contributed by atoms with Gasteiger partial charge in [-0.25, -0.2) is 0 Å². The number of rotatable bonds is 3. The maximum atomic E-state index is 4.24. The molecule has 5 heteroatoms. The molecule has 0 amide bonds. The first-order chi connectivity index (χ1) is 9.84. The van der Waals surface area contributed by atoms with Crippen LogP contribution in [0.15, 0.2) is 59.8 Å². The van der Waals surface area contributed by atoms with Gasteiger partial charge in [0.1, 0.15) is 0 Å². The van der Waals surface area contributed by atoms with Gasteiger partial charge in [-0.1, -0.05) is 42.5 Å². The molecular weight excluding hydrogens is 363 g/mol. The van der Waals surface area contributed by atoms with Crippen LogP contribution in [0.2, 0.25) is 0 Å². The first-order valence-electron chi connectivity index (χ1n) is 6.08. The highest BCUT2D eigenvalue weighted by molar-refractivity contribution is 14.1. The Hall–Kier alpha value is -2.02. The van der Waals surface area contributed by atoms with Crippen molar-refractivity contribution in [2.75, 3.05) is 5.43 Å². The first kappa shape index (κ1) is 13.0. The van der Waals surface area contributed by atoms with Gasteiger partial charge >= 0.3 is 0 Å². The monoisotopic (exact) mass is 374 g/mol. The van der Waals surface area contributed by atoms with E-state index >= 15 is 0 Å². The van der Waals surface area contributed by atoms with E-state index in [2.05, 4.69) is 43.3 Å². The van der Waals surface area contributed by atoms with Crippen LogP contribution in [0.25, 0.3) is 10.8 Å². The second-order valence-corrected chi connectivity index (χ2v) is 5.33. The predicted molar refractivity (Wildman–Crippen MR) is 89.9 cm³/mol. The van der Waals surface area contributed by atoms with E-state index in [1.807, 2.05) is 48.5 Å². The van der Waals surface area contributed by atoms with Crippen molar-refractivity contribution in [2.45, 2.75) is 0 Å². The molecule has 4 nitrogen and oxygen atoms in total. The average Bonchev–Trinajstić information content (AvgIpc) is 2.49.